The van der Waals surface area contributed by atoms with Crippen molar-refractivity contribution in [3.05, 3.63) is 0 Å². The summed E-state index contributed by atoms with van der Waals surface area (Å²) in [6.45, 7) is 4.79. The summed E-state index contributed by atoms with van der Waals surface area (Å²) in [6, 6.07) is 0.533. The van der Waals surface area contributed by atoms with E-state index in [4.69, 9.17) is 4.74 Å². The third-order valence-corrected chi connectivity index (χ3v) is 4.71. The normalized spacial score (nSPS) is 26.7. The number of likely N-dealkylation sites (N-methyl/N-ethyl adjacent to an activating group) is 1. The van der Waals surface area contributed by atoms with Crippen LogP contribution in [0.15, 0.2) is 0 Å². The number of likely N-dealkylation sites (tertiary alicyclic amines) is 1. The fourth-order valence-corrected chi connectivity index (χ4v) is 3.80. The van der Waals surface area contributed by atoms with Crippen molar-refractivity contribution >= 4 is 5.97 Å². The molecule has 0 bridgehead atoms. The van der Waals surface area contributed by atoms with E-state index in [1.165, 1.54) is 45.6 Å². The number of carbonyl (C=O) groups is 1. The van der Waals surface area contributed by atoms with Crippen LogP contribution in [-0.4, -0.2) is 49.7 Å². The van der Waals surface area contributed by atoms with Crippen LogP contribution in [0.1, 0.15) is 45.4 Å². The number of rotatable bonds is 6. The molecule has 1 N–H and O–H groups in total. The molecule has 0 aromatic heterocycles. The second-order valence-corrected chi connectivity index (χ2v) is 5.88. The SMILES string of the molecule is CCNC(CN1CCCC1C1CCCC1)C(=O)OC. The molecule has 2 unspecified atom stereocenters. The number of ether oxygens (including phenoxy) is 1. The molecular weight excluding hydrogens is 240 g/mol. The second-order valence-electron chi connectivity index (χ2n) is 5.88. The van der Waals surface area contributed by atoms with Gasteiger partial charge in [-0.3, -0.25) is 9.69 Å². The highest BCUT2D eigenvalue weighted by Crippen LogP contribution is 2.35. The zero-order valence-electron chi connectivity index (χ0n) is 12.4. The van der Waals surface area contributed by atoms with Crippen LogP contribution in [0, 0.1) is 5.92 Å². The molecule has 0 amide bonds. The molecule has 0 aromatic rings. The molecule has 1 aliphatic heterocycles. The van der Waals surface area contributed by atoms with Gasteiger partial charge in [-0.1, -0.05) is 19.8 Å². The van der Waals surface area contributed by atoms with Crippen molar-refractivity contribution < 1.29 is 9.53 Å². The maximum absolute atomic E-state index is 11.8. The van der Waals surface area contributed by atoms with Gasteiger partial charge in [0.15, 0.2) is 0 Å². The highest BCUT2D eigenvalue weighted by molar-refractivity contribution is 5.75. The first kappa shape index (κ1) is 14.8. The number of hydrogen-bond acceptors (Lipinski definition) is 4. The third kappa shape index (κ3) is 3.69. The van der Waals surface area contributed by atoms with Crippen molar-refractivity contribution in [2.45, 2.75) is 57.5 Å². The van der Waals surface area contributed by atoms with E-state index >= 15 is 0 Å². The molecule has 2 aliphatic rings. The summed E-state index contributed by atoms with van der Waals surface area (Å²) in [5.74, 6) is 0.737. The first-order valence-corrected chi connectivity index (χ1v) is 7.81. The highest BCUT2D eigenvalue weighted by Gasteiger charge is 2.35. The van der Waals surface area contributed by atoms with E-state index in [-0.39, 0.29) is 12.0 Å². The van der Waals surface area contributed by atoms with Gasteiger partial charge in [0.2, 0.25) is 0 Å². The van der Waals surface area contributed by atoms with Crippen LogP contribution >= 0.6 is 0 Å². The van der Waals surface area contributed by atoms with Gasteiger partial charge in [-0.2, -0.15) is 0 Å². The molecule has 1 aliphatic carbocycles. The summed E-state index contributed by atoms with van der Waals surface area (Å²) >= 11 is 0. The highest BCUT2D eigenvalue weighted by atomic mass is 16.5. The van der Waals surface area contributed by atoms with Crippen molar-refractivity contribution in [3.8, 4) is 0 Å². The zero-order chi connectivity index (χ0) is 13.7. The molecule has 0 radical (unpaired) electrons. The molecule has 1 saturated carbocycles. The molecule has 2 rings (SSSR count). The minimum absolute atomic E-state index is 0.126. The van der Waals surface area contributed by atoms with Gasteiger partial charge in [-0.05, 0) is 44.7 Å². The fourth-order valence-electron chi connectivity index (χ4n) is 3.80. The lowest BCUT2D eigenvalue weighted by molar-refractivity contribution is -0.143. The summed E-state index contributed by atoms with van der Waals surface area (Å²) < 4.78 is 4.91. The Balaban J connectivity index is 1.92. The van der Waals surface area contributed by atoms with Gasteiger partial charge >= 0.3 is 5.97 Å². The van der Waals surface area contributed by atoms with Gasteiger partial charge in [0, 0.05) is 12.6 Å². The van der Waals surface area contributed by atoms with Crippen molar-refractivity contribution in [1.82, 2.24) is 10.2 Å². The maximum atomic E-state index is 11.8. The zero-order valence-corrected chi connectivity index (χ0v) is 12.4. The van der Waals surface area contributed by atoms with Gasteiger partial charge < -0.3 is 10.1 Å². The van der Waals surface area contributed by atoms with Crippen molar-refractivity contribution in [3.63, 3.8) is 0 Å². The van der Waals surface area contributed by atoms with E-state index in [1.807, 2.05) is 6.92 Å². The Kier molecular flexibility index (Phi) is 5.64. The van der Waals surface area contributed by atoms with Crippen molar-refractivity contribution in [2.75, 3.05) is 26.7 Å². The van der Waals surface area contributed by atoms with Crippen LogP contribution in [0.4, 0.5) is 0 Å². The van der Waals surface area contributed by atoms with E-state index in [0.29, 0.717) is 6.04 Å². The Bertz CT molecular complexity index is 290. The number of hydrogen-bond donors (Lipinski definition) is 1. The lowest BCUT2D eigenvalue weighted by Crippen LogP contribution is -2.49. The van der Waals surface area contributed by atoms with Crippen LogP contribution in [0.3, 0.4) is 0 Å². The third-order valence-electron chi connectivity index (χ3n) is 4.71. The first-order chi connectivity index (χ1) is 9.26. The Morgan fingerprint density at radius 2 is 2.05 bits per heavy atom. The summed E-state index contributed by atoms with van der Waals surface area (Å²) in [5.41, 5.74) is 0. The molecule has 19 heavy (non-hydrogen) atoms. The van der Waals surface area contributed by atoms with Crippen molar-refractivity contribution in [2.24, 2.45) is 5.92 Å². The average Bonchev–Trinajstić information content (AvgIpc) is 3.07. The monoisotopic (exact) mass is 268 g/mol. The largest absolute Gasteiger partial charge is 0.468 e. The molecule has 1 saturated heterocycles. The molecule has 1 heterocycles. The van der Waals surface area contributed by atoms with Crippen LogP contribution in [0.5, 0.6) is 0 Å². The van der Waals surface area contributed by atoms with Gasteiger partial charge in [0.1, 0.15) is 6.04 Å². The van der Waals surface area contributed by atoms with E-state index in [0.717, 1.165) is 25.6 Å². The average molecular weight is 268 g/mol. The number of methoxy groups -OCH3 is 1. The number of nitrogens with one attached hydrogen (secondary N) is 1. The van der Waals surface area contributed by atoms with Crippen LogP contribution in [0.25, 0.3) is 0 Å². The Labute approximate surface area is 116 Å². The van der Waals surface area contributed by atoms with E-state index in [2.05, 4.69) is 10.2 Å². The van der Waals surface area contributed by atoms with E-state index < -0.39 is 0 Å². The minimum Gasteiger partial charge on any atom is -0.468 e. The molecule has 110 valence electrons. The van der Waals surface area contributed by atoms with E-state index in [1.54, 1.807) is 0 Å². The van der Waals surface area contributed by atoms with Gasteiger partial charge in [0.05, 0.1) is 7.11 Å². The van der Waals surface area contributed by atoms with Gasteiger partial charge in [-0.15, -0.1) is 0 Å². The molecular formula is C15H28N2O2. The topological polar surface area (TPSA) is 41.6 Å². The molecule has 2 atom stereocenters. The smallest absolute Gasteiger partial charge is 0.324 e. The maximum Gasteiger partial charge on any atom is 0.324 e. The van der Waals surface area contributed by atoms with Crippen molar-refractivity contribution in [1.29, 1.82) is 0 Å². The molecule has 0 spiro atoms. The summed E-state index contributed by atoms with van der Waals surface area (Å²) in [6.07, 6.45) is 8.13. The Hall–Kier alpha value is -0.610. The fraction of sp³-hybridized carbons (Fsp3) is 0.933. The minimum atomic E-state index is -0.169. The number of esters is 1. The molecule has 0 aromatic carbocycles. The van der Waals surface area contributed by atoms with Gasteiger partial charge in [0.25, 0.3) is 0 Å². The lowest BCUT2D eigenvalue weighted by atomic mass is 9.96. The predicted molar refractivity (Wildman–Crippen MR) is 76.0 cm³/mol. The van der Waals surface area contributed by atoms with Crippen LogP contribution in [0.2, 0.25) is 0 Å². The number of nitrogens with zero attached hydrogens (tertiary/aromatic N) is 1. The standard InChI is InChI=1S/C15H28N2O2/c1-3-16-13(15(18)19-2)11-17-10-6-9-14(17)12-7-4-5-8-12/h12-14,16H,3-11H2,1-2H3. The van der Waals surface area contributed by atoms with Crippen LogP contribution in [-0.2, 0) is 9.53 Å². The molecule has 4 nitrogen and oxygen atoms in total. The van der Waals surface area contributed by atoms with E-state index in [9.17, 15) is 4.79 Å². The summed E-state index contributed by atoms with van der Waals surface area (Å²) in [4.78, 5) is 14.3. The predicted octanol–water partition coefficient (Wildman–Crippen LogP) is 1.79. The molecule has 4 heteroatoms. The number of carbonyl (C=O) groups excluding carboxylic acids is 1. The summed E-state index contributed by atoms with van der Waals surface area (Å²) in [5, 5.41) is 3.26. The quantitative estimate of drug-likeness (QED) is 0.746. The lowest BCUT2D eigenvalue weighted by Gasteiger charge is -2.31. The van der Waals surface area contributed by atoms with Crippen LogP contribution < -0.4 is 5.32 Å². The summed E-state index contributed by atoms with van der Waals surface area (Å²) in [7, 11) is 1.48. The van der Waals surface area contributed by atoms with Gasteiger partial charge in [-0.25, -0.2) is 0 Å². The molecule has 2 fully saturated rings. The Morgan fingerprint density at radius 3 is 2.68 bits per heavy atom. The Morgan fingerprint density at radius 1 is 1.32 bits per heavy atom. The second kappa shape index (κ2) is 7.25. The first-order valence-electron chi connectivity index (χ1n) is 7.81.